The molecule has 2 aliphatic rings. The Morgan fingerprint density at radius 3 is 2.58 bits per heavy atom. The predicted octanol–water partition coefficient (Wildman–Crippen LogP) is 2.63. The summed E-state index contributed by atoms with van der Waals surface area (Å²) in [6.07, 6.45) is 4.56. The maximum absolute atomic E-state index is 12.6. The standard InChI is InChI=1S/C16H20N2O/c1-11-13-7-3-4-8-14(13)16(19)18(11)15-9-5-2-6-12(15)10-17/h3-4,7-8,12,15H,1-2,5-6,9-10,17H2. The lowest BCUT2D eigenvalue weighted by molar-refractivity contribution is 0.0720. The molecule has 0 radical (unpaired) electrons. The number of nitrogens with two attached hydrogens (primary N) is 1. The van der Waals surface area contributed by atoms with Gasteiger partial charge in [-0.1, -0.05) is 37.6 Å². The van der Waals surface area contributed by atoms with E-state index in [1.165, 1.54) is 12.8 Å². The van der Waals surface area contributed by atoms with Crippen molar-refractivity contribution in [1.82, 2.24) is 4.90 Å². The zero-order valence-corrected chi connectivity index (χ0v) is 11.1. The zero-order valence-electron chi connectivity index (χ0n) is 11.1. The van der Waals surface area contributed by atoms with E-state index in [4.69, 9.17) is 5.73 Å². The first-order valence-corrected chi connectivity index (χ1v) is 7.06. The molecule has 1 aliphatic heterocycles. The van der Waals surface area contributed by atoms with Gasteiger partial charge in [0, 0.05) is 22.9 Å². The largest absolute Gasteiger partial charge is 0.330 e. The zero-order chi connectivity index (χ0) is 13.4. The molecule has 1 amide bonds. The Bertz CT molecular complexity index is 488. The molecule has 100 valence electrons. The van der Waals surface area contributed by atoms with E-state index in [9.17, 15) is 4.79 Å². The SMILES string of the molecule is C=C1c2ccccc2C(=O)N1C1CCCCC1CN. The van der Waals surface area contributed by atoms with E-state index in [2.05, 4.69) is 6.58 Å². The van der Waals surface area contributed by atoms with Crippen molar-refractivity contribution in [3.05, 3.63) is 42.0 Å². The number of amides is 1. The van der Waals surface area contributed by atoms with Crippen LogP contribution in [0.4, 0.5) is 0 Å². The summed E-state index contributed by atoms with van der Waals surface area (Å²) >= 11 is 0. The van der Waals surface area contributed by atoms with Crippen molar-refractivity contribution >= 4 is 11.6 Å². The molecule has 3 rings (SSSR count). The van der Waals surface area contributed by atoms with Gasteiger partial charge in [-0.3, -0.25) is 4.79 Å². The van der Waals surface area contributed by atoms with Crippen LogP contribution >= 0.6 is 0 Å². The van der Waals surface area contributed by atoms with Gasteiger partial charge >= 0.3 is 0 Å². The summed E-state index contributed by atoms with van der Waals surface area (Å²) in [4.78, 5) is 14.5. The van der Waals surface area contributed by atoms with Gasteiger partial charge < -0.3 is 10.6 Å². The molecule has 1 aromatic rings. The molecule has 0 bridgehead atoms. The van der Waals surface area contributed by atoms with Crippen LogP contribution in [-0.2, 0) is 0 Å². The van der Waals surface area contributed by atoms with Gasteiger partial charge in [0.1, 0.15) is 0 Å². The normalized spacial score (nSPS) is 26.7. The fourth-order valence-electron chi connectivity index (χ4n) is 3.46. The van der Waals surface area contributed by atoms with Gasteiger partial charge in [0.25, 0.3) is 5.91 Å². The number of hydrogen-bond donors (Lipinski definition) is 1. The van der Waals surface area contributed by atoms with Gasteiger partial charge in [0.15, 0.2) is 0 Å². The monoisotopic (exact) mass is 256 g/mol. The van der Waals surface area contributed by atoms with E-state index in [1.807, 2.05) is 29.2 Å². The molecular weight excluding hydrogens is 236 g/mol. The highest BCUT2D eigenvalue weighted by atomic mass is 16.2. The van der Waals surface area contributed by atoms with Crippen LogP contribution < -0.4 is 5.73 Å². The third kappa shape index (κ3) is 1.89. The number of benzene rings is 1. The minimum atomic E-state index is 0.103. The van der Waals surface area contributed by atoms with E-state index in [-0.39, 0.29) is 11.9 Å². The van der Waals surface area contributed by atoms with Crippen LogP contribution in [0.2, 0.25) is 0 Å². The Kier molecular flexibility index (Phi) is 3.15. The second kappa shape index (κ2) is 4.82. The highest BCUT2D eigenvalue weighted by Gasteiger charge is 2.39. The van der Waals surface area contributed by atoms with E-state index in [0.29, 0.717) is 12.5 Å². The van der Waals surface area contributed by atoms with Crippen molar-refractivity contribution in [2.75, 3.05) is 6.54 Å². The summed E-state index contributed by atoms with van der Waals surface area (Å²) in [5.74, 6) is 0.509. The van der Waals surface area contributed by atoms with Crippen molar-refractivity contribution in [1.29, 1.82) is 0 Å². The number of carbonyl (C=O) groups excluding carboxylic acids is 1. The van der Waals surface area contributed by atoms with E-state index in [0.717, 1.165) is 29.7 Å². The summed E-state index contributed by atoms with van der Waals surface area (Å²) in [5.41, 5.74) is 8.51. The minimum absolute atomic E-state index is 0.103. The topological polar surface area (TPSA) is 46.3 Å². The van der Waals surface area contributed by atoms with Crippen molar-refractivity contribution < 1.29 is 4.79 Å². The first-order chi connectivity index (χ1) is 9.24. The fourth-order valence-corrected chi connectivity index (χ4v) is 3.46. The van der Waals surface area contributed by atoms with E-state index >= 15 is 0 Å². The Labute approximate surface area is 114 Å². The average molecular weight is 256 g/mol. The summed E-state index contributed by atoms with van der Waals surface area (Å²) < 4.78 is 0. The molecule has 2 unspecified atom stereocenters. The fraction of sp³-hybridized carbons (Fsp3) is 0.438. The van der Waals surface area contributed by atoms with Gasteiger partial charge in [-0.15, -0.1) is 0 Å². The molecule has 1 heterocycles. The molecule has 3 heteroatoms. The van der Waals surface area contributed by atoms with Crippen LogP contribution in [0.15, 0.2) is 30.8 Å². The number of hydrogen-bond acceptors (Lipinski definition) is 2. The number of nitrogens with zero attached hydrogens (tertiary/aromatic N) is 1. The van der Waals surface area contributed by atoms with Gasteiger partial charge in [0.05, 0.1) is 0 Å². The van der Waals surface area contributed by atoms with Gasteiger partial charge in [-0.25, -0.2) is 0 Å². The molecule has 0 spiro atoms. The van der Waals surface area contributed by atoms with Gasteiger partial charge in [-0.2, -0.15) is 0 Å². The second-order valence-electron chi connectivity index (χ2n) is 5.52. The average Bonchev–Trinajstić information content (AvgIpc) is 2.71. The van der Waals surface area contributed by atoms with Crippen molar-refractivity contribution in [2.24, 2.45) is 11.7 Å². The van der Waals surface area contributed by atoms with Crippen LogP contribution in [0.1, 0.15) is 41.6 Å². The molecular formula is C16H20N2O. The van der Waals surface area contributed by atoms with Crippen molar-refractivity contribution in [3.63, 3.8) is 0 Å². The smallest absolute Gasteiger partial charge is 0.259 e. The van der Waals surface area contributed by atoms with Crippen LogP contribution in [-0.4, -0.2) is 23.4 Å². The number of carbonyl (C=O) groups is 1. The molecule has 0 aromatic heterocycles. The Balaban J connectivity index is 1.95. The minimum Gasteiger partial charge on any atom is -0.330 e. The quantitative estimate of drug-likeness (QED) is 0.884. The van der Waals surface area contributed by atoms with Crippen molar-refractivity contribution in [3.8, 4) is 0 Å². The Hall–Kier alpha value is -1.61. The van der Waals surface area contributed by atoms with Crippen LogP contribution in [0, 0.1) is 5.92 Å². The molecule has 2 atom stereocenters. The summed E-state index contributed by atoms with van der Waals surface area (Å²) in [6, 6.07) is 7.97. The maximum atomic E-state index is 12.6. The molecule has 1 saturated carbocycles. The third-order valence-electron chi connectivity index (χ3n) is 4.48. The lowest BCUT2D eigenvalue weighted by Gasteiger charge is -2.37. The first kappa shape index (κ1) is 12.4. The lowest BCUT2D eigenvalue weighted by Crippen LogP contribution is -2.44. The highest BCUT2D eigenvalue weighted by Crippen LogP contribution is 2.38. The number of rotatable bonds is 2. The highest BCUT2D eigenvalue weighted by molar-refractivity contribution is 6.09. The molecule has 1 fully saturated rings. The Morgan fingerprint density at radius 1 is 1.21 bits per heavy atom. The summed E-state index contributed by atoms with van der Waals surface area (Å²) in [5, 5.41) is 0. The molecule has 19 heavy (non-hydrogen) atoms. The lowest BCUT2D eigenvalue weighted by atomic mass is 9.83. The number of fused-ring (bicyclic) bond motifs is 1. The van der Waals surface area contributed by atoms with Gasteiger partial charge in [-0.05, 0) is 31.4 Å². The third-order valence-corrected chi connectivity index (χ3v) is 4.48. The summed E-state index contributed by atoms with van der Waals surface area (Å²) in [6.45, 7) is 4.79. The first-order valence-electron chi connectivity index (χ1n) is 7.06. The second-order valence-corrected chi connectivity index (χ2v) is 5.52. The van der Waals surface area contributed by atoms with Crippen molar-refractivity contribution in [2.45, 2.75) is 31.7 Å². The van der Waals surface area contributed by atoms with Crippen LogP contribution in [0.25, 0.3) is 5.70 Å². The summed E-state index contributed by atoms with van der Waals surface area (Å²) in [7, 11) is 0. The molecule has 1 aliphatic carbocycles. The molecule has 3 nitrogen and oxygen atoms in total. The molecule has 2 N–H and O–H groups in total. The van der Waals surface area contributed by atoms with Crippen LogP contribution in [0.3, 0.4) is 0 Å². The molecule has 0 saturated heterocycles. The molecule has 1 aromatic carbocycles. The van der Waals surface area contributed by atoms with E-state index in [1.54, 1.807) is 0 Å². The maximum Gasteiger partial charge on any atom is 0.259 e. The van der Waals surface area contributed by atoms with Gasteiger partial charge in [0.2, 0.25) is 0 Å². The predicted molar refractivity (Wildman–Crippen MR) is 76.4 cm³/mol. The Morgan fingerprint density at radius 2 is 1.89 bits per heavy atom. The van der Waals surface area contributed by atoms with E-state index < -0.39 is 0 Å². The van der Waals surface area contributed by atoms with Crippen LogP contribution in [0.5, 0.6) is 0 Å².